The fourth-order valence-electron chi connectivity index (χ4n) is 3.41. The van der Waals surface area contributed by atoms with Crippen LogP contribution in [0.25, 0.3) is 6.08 Å². The molecular weight excluding hydrogens is 534 g/mol. The van der Waals surface area contributed by atoms with Crippen molar-refractivity contribution in [3.8, 4) is 0 Å². The summed E-state index contributed by atoms with van der Waals surface area (Å²) in [5.41, 5.74) is 2.78. The van der Waals surface area contributed by atoms with Crippen LogP contribution in [0.3, 0.4) is 0 Å². The number of amides is 2. The van der Waals surface area contributed by atoms with Gasteiger partial charge in [0.1, 0.15) is 5.57 Å². The number of benzene rings is 3. The van der Waals surface area contributed by atoms with Crippen molar-refractivity contribution in [1.82, 2.24) is 0 Å². The summed E-state index contributed by atoms with van der Waals surface area (Å²) >= 11 is 30.8. The molecule has 1 fully saturated rings. The van der Waals surface area contributed by atoms with E-state index in [-0.39, 0.29) is 15.7 Å². The van der Waals surface area contributed by atoms with Gasteiger partial charge in [-0.3, -0.25) is 19.4 Å². The summed E-state index contributed by atoms with van der Waals surface area (Å²) in [5, 5.41) is 1.41. The van der Waals surface area contributed by atoms with Gasteiger partial charge in [0.2, 0.25) is 0 Å². The van der Waals surface area contributed by atoms with Gasteiger partial charge in [-0.05, 0) is 79.2 Å². The smallest absolute Gasteiger partial charge is 0.268 e. The lowest BCUT2D eigenvalue weighted by molar-refractivity contribution is -0.120. The van der Waals surface area contributed by atoms with Crippen molar-refractivity contribution in [1.29, 1.82) is 0 Å². The first kappa shape index (κ1) is 24.7. The highest BCUT2D eigenvalue weighted by atomic mass is 35.5. The molecule has 4 nitrogen and oxygen atoms in total. The molecule has 0 spiro atoms. The summed E-state index contributed by atoms with van der Waals surface area (Å²) in [6.45, 7) is 3.69. The highest BCUT2D eigenvalue weighted by Gasteiger charge is 2.41. The van der Waals surface area contributed by atoms with Crippen LogP contribution in [0.5, 0.6) is 0 Å². The third-order valence-electron chi connectivity index (χ3n) is 5.36. The normalized spacial score (nSPS) is 14.2. The summed E-state index contributed by atoms with van der Waals surface area (Å²) in [4.78, 5) is 29.8. The fourth-order valence-corrected chi connectivity index (χ4v) is 4.50. The number of thiocarbonyl (C=S) groups is 1. The van der Waals surface area contributed by atoms with E-state index in [9.17, 15) is 9.59 Å². The lowest BCUT2D eigenvalue weighted by atomic mass is 10.0. The third kappa shape index (κ3) is 4.47. The maximum atomic E-state index is 13.6. The molecule has 0 aliphatic carbocycles. The average molecular weight is 550 g/mol. The largest absolute Gasteiger partial charge is 0.270 e. The van der Waals surface area contributed by atoms with Gasteiger partial charge in [-0.2, -0.15) is 0 Å². The van der Waals surface area contributed by atoms with Crippen molar-refractivity contribution in [2.75, 3.05) is 9.80 Å². The van der Waals surface area contributed by atoms with Crippen molar-refractivity contribution < 1.29 is 9.59 Å². The summed E-state index contributed by atoms with van der Waals surface area (Å²) in [6.07, 6.45) is 1.41. The first-order chi connectivity index (χ1) is 16.1. The van der Waals surface area contributed by atoms with Gasteiger partial charge < -0.3 is 0 Å². The maximum absolute atomic E-state index is 13.6. The van der Waals surface area contributed by atoms with Gasteiger partial charge >= 0.3 is 0 Å². The van der Waals surface area contributed by atoms with Crippen molar-refractivity contribution in [2.45, 2.75) is 13.8 Å². The molecule has 2 amide bonds. The minimum absolute atomic E-state index is 0.0239. The highest BCUT2D eigenvalue weighted by molar-refractivity contribution is 7.81. The Morgan fingerprint density at radius 3 is 1.71 bits per heavy atom. The van der Waals surface area contributed by atoms with Gasteiger partial charge in [0, 0.05) is 10.0 Å². The second-order valence-electron chi connectivity index (χ2n) is 7.63. The van der Waals surface area contributed by atoms with Crippen molar-refractivity contribution in [3.63, 3.8) is 0 Å². The maximum Gasteiger partial charge on any atom is 0.270 e. The molecule has 0 aromatic heterocycles. The Bertz CT molecular complexity index is 1330. The van der Waals surface area contributed by atoms with E-state index in [0.29, 0.717) is 32.0 Å². The van der Waals surface area contributed by atoms with Crippen molar-refractivity contribution >= 4 is 93.0 Å². The molecule has 0 atom stereocenters. The van der Waals surface area contributed by atoms with E-state index in [1.807, 2.05) is 13.8 Å². The van der Waals surface area contributed by atoms with Crippen LogP contribution in [0.15, 0.2) is 60.2 Å². The van der Waals surface area contributed by atoms with Gasteiger partial charge in [0.15, 0.2) is 5.11 Å². The number of rotatable bonds is 3. The van der Waals surface area contributed by atoms with Crippen molar-refractivity contribution in [2.24, 2.45) is 0 Å². The Labute approximate surface area is 222 Å². The molecule has 3 aromatic carbocycles. The van der Waals surface area contributed by atoms with E-state index in [1.165, 1.54) is 15.9 Å². The van der Waals surface area contributed by atoms with Gasteiger partial charge in [-0.25, -0.2) is 0 Å². The molecule has 1 heterocycles. The molecule has 3 aromatic rings. The molecule has 34 heavy (non-hydrogen) atoms. The SMILES string of the molecule is Cc1ccc(N2C(=O)C(=Cc3cccc(Cl)c3Cl)C(=O)N(c3ccc(C)c(Cl)c3)C2=S)cc1Cl. The Hall–Kier alpha value is -2.41. The Balaban J connectivity index is 1.93. The minimum atomic E-state index is -0.611. The predicted octanol–water partition coefficient (Wildman–Crippen LogP) is 7.67. The minimum Gasteiger partial charge on any atom is -0.268 e. The molecule has 9 heteroatoms. The molecule has 0 saturated carbocycles. The number of anilines is 2. The molecule has 0 unspecified atom stereocenters. The summed E-state index contributed by atoms with van der Waals surface area (Å²) < 4.78 is 0. The zero-order valence-electron chi connectivity index (χ0n) is 17.9. The van der Waals surface area contributed by atoms with Crippen LogP contribution < -0.4 is 9.80 Å². The lowest BCUT2D eigenvalue weighted by Gasteiger charge is -2.36. The number of halogens is 4. The Kier molecular flexibility index (Phi) is 7.04. The fraction of sp³-hybridized carbons (Fsp3) is 0.0800. The molecule has 4 rings (SSSR count). The van der Waals surface area contributed by atoms with Crippen LogP contribution in [-0.4, -0.2) is 16.9 Å². The van der Waals surface area contributed by atoms with Crippen LogP contribution in [0.2, 0.25) is 20.1 Å². The third-order valence-corrected chi connectivity index (χ3v) is 7.37. The standard InChI is InChI=1S/C25H16Cl4N2O2S/c1-13-6-8-16(11-20(13)27)30-23(32)18(10-15-4-3-5-19(26)22(15)29)24(33)31(25(30)34)17-9-7-14(2)21(28)12-17/h3-12H,1-2H3. The van der Waals surface area contributed by atoms with Crippen LogP contribution in [0.4, 0.5) is 11.4 Å². The van der Waals surface area contributed by atoms with E-state index in [1.54, 1.807) is 54.6 Å². The van der Waals surface area contributed by atoms with E-state index < -0.39 is 11.8 Å². The van der Waals surface area contributed by atoms with E-state index in [4.69, 9.17) is 58.6 Å². The highest BCUT2D eigenvalue weighted by Crippen LogP contribution is 2.34. The zero-order valence-corrected chi connectivity index (χ0v) is 21.7. The average Bonchev–Trinajstić information content (AvgIpc) is 2.79. The number of hydrogen-bond acceptors (Lipinski definition) is 3. The molecule has 0 radical (unpaired) electrons. The first-order valence-electron chi connectivity index (χ1n) is 10.0. The molecule has 0 N–H and O–H groups in total. The summed E-state index contributed by atoms with van der Waals surface area (Å²) in [5.74, 6) is -1.22. The Morgan fingerprint density at radius 1 is 0.735 bits per heavy atom. The van der Waals surface area contributed by atoms with Gasteiger partial charge in [-0.15, -0.1) is 0 Å². The zero-order chi connectivity index (χ0) is 24.7. The second kappa shape index (κ2) is 9.68. The number of carbonyl (C=O) groups excluding carboxylic acids is 2. The van der Waals surface area contributed by atoms with Crippen molar-refractivity contribution in [3.05, 3.63) is 97.0 Å². The van der Waals surface area contributed by atoms with E-state index in [0.717, 1.165) is 11.1 Å². The lowest BCUT2D eigenvalue weighted by Crippen LogP contribution is -2.57. The van der Waals surface area contributed by atoms with E-state index in [2.05, 4.69) is 0 Å². The number of carbonyl (C=O) groups is 2. The molecule has 0 bridgehead atoms. The van der Waals surface area contributed by atoms with Gasteiger partial charge in [0.05, 0.1) is 21.4 Å². The quantitative estimate of drug-likeness (QED) is 0.191. The summed E-state index contributed by atoms with van der Waals surface area (Å²) in [6, 6.07) is 15.2. The number of nitrogens with zero attached hydrogens (tertiary/aromatic N) is 2. The van der Waals surface area contributed by atoms with Gasteiger partial charge in [-0.1, -0.05) is 70.7 Å². The topological polar surface area (TPSA) is 40.6 Å². The monoisotopic (exact) mass is 548 g/mol. The second-order valence-corrected chi connectivity index (χ2v) is 9.60. The van der Waals surface area contributed by atoms with Crippen LogP contribution in [0, 0.1) is 13.8 Å². The van der Waals surface area contributed by atoms with Crippen LogP contribution >= 0.6 is 58.6 Å². The Morgan fingerprint density at radius 2 is 1.24 bits per heavy atom. The first-order valence-corrected chi connectivity index (χ1v) is 11.9. The predicted molar refractivity (Wildman–Crippen MR) is 144 cm³/mol. The number of hydrogen-bond donors (Lipinski definition) is 0. The molecule has 1 aliphatic rings. The van der Waals surface area contributed by atoms with Gasteiger partial charge in [0.25, 0.3) is 11.8 Å². The van der Waals surface area contributed by atoms with E-state index >= 15 is 0 Å². The molecule has 172 valence electrons. The summed E-state index contributed by atoms with van der Waals surface area (Å²) in [7, 11) is 0. The molecule has 1 saturated heterocycles. The molecular formula is C25H16Cl4N2O2S. The van der Waals surface area contributed by atoms with Crippen LogP contribution in [0.1, 0.15) is 16.7 Å². The molecule has 1 aliphatic heterocycles. The number of aryl methyl sites for hydroxylation is 2. The van der Waals surface area contributed by atoms with Crippen LogP contribution in [-0.2, 0) is 9.59 Å².